The highest BCUT2D eigenvalue weighted by molar-refractivity contribution is 5.94. The maximum atomic E-state index is 14.5. The van der Waals surface area contributed by atoms with Crippen LogP contribution in [0.5, 0.6) is 0 Å². The van der Waals surface area contributed by atoms with Crippen LogP contribution >= 0.6 is 0 Å². The number of para-hydroxylation sites is 1. The lowest BCUT2D eigenvalue weighted by atomic mass is 9.90. The van der Waals surface area contributed by atoms with Crippen LogP contribution < -0.4 is 21.3 Å². The van der Waals surface area contributed by atoms with Gasteiger partial charge in [0.25, 0.3) is 0 Å². The van der Waals surface area contributed by atoms with Crippen molar-refractivity contribution in [2.75, 3.05) is 6.54 Å². The van der Waals surface area contributed by atoms with Crippen LogP contribution in [0, 0.1) is 0 Å². The van der Waals surface area contributed by atoms with E-state index in [1.807, 2.05) is 6.07 Å². The van der Waals surface area contributed by atoms with Gasteiger partial charge in [-0.3, -0.25) is 9.59 Å². The summed E-state index contributed by atoms with van der Waals surface area (Å²) in [6, 6.07) is 14.4. The van der Waals surface area contributed by atoms with Crippen LogP contribution in [0.1, 0.15) is 73.6 Å². The molecule has 0 bridgehead atoms. The summed E-state index contributed by atoms with van der Waals surface area (Å²) in [5, 5.41) is 44.0. The van der Waals surface area contributed by atoms with E-state index in [1.54, 1.807) is 117 Å². The van der Waals surface area contributed by atoms with Gasteiger partial charge in [-0.1, -0.05) is 48.5 Å². The summed E-state index contributed by atoms with van der Waals surface area (Å²) < 4.78 is 23.6. The van der Waals surface area contributed by atoms with Gasteiger partial charge in [-0.15, -0.1) is 0 Å². The fourth-order valence-electron chi connectivity index (χ4n) is 6.13. The maximum Gasteiger partial charge on any atom is 0.419 e. The molecule has 1 aromatic heterocycles. The minimum atomic E-state index is -1.97. The number of aliphatic hydroxyl groups is 3. The molecule has 0 spiro atoms. The molecule has 0 aliphatic carbocycles. The van der Waals surface area contributed by atoms with Gasteiger partial charge in [-0.2, -0.15) is 0 Å². The third-order valence-corrected chi connectivity index (χ3v) is 8.60. The summed E-state index contributed by atoms with van der Waals surface area (Å²) in [6.07, 6.45) is -11.8. The molecule has 1 aliphatic heterocycles. The first-order valence-corrected chi connectivity index (χ1v) is 19.0. The van der Waals surface area contributed by atoms with Gasteiger partial charge in [0.1, 0.15) is 59.4 Å². The molecular weight excluding hydrogens is 754 g/mol. The summed E-state index contributed by atoms with van der Waals surface area (Å²) in [5.74, 6) is -1.73. The lowest BCUT2D eigenvalue weighted by molar-refractivity contribution is -0.226. The van der Waals surface area contributed by atoms with Gasteiger partial charge in [0.2, 0.25) is 11.8 Å². The van der Waals surface area contributed by atoms with E-state index in [4.69, 9.17) is 18.9 Å². The minimum absolute atomic E-state index is 0.0710. The molecule has 3 aromatic rings. The highest BCUT2D eigenvalue weighted by Gasteiger charge is 2.50. The van der Waals surface area contributed by atoms with Crippen molar-refractivity contribution in [2.24, 2.45) is 0 Å². The average molecular weight is 812 g/mol. The first-order chi connectivity index (χ1) is 26.9. The number of hydrogen-bond acceptors (Lipinski definition) is 12. The Balaban J connectivity index is 1.72. The Morgan fingerprint density at radius 1 is 0.707 bits per heavy atom. The summed E-state index contributed by atoms with van der Waals surface area (Å²) in [7, 11) is 0. The van der Waals surface area contributed by atoms with Gasteiger partial charge in [0.15, 0.2) is 0 Å². The van der Waals surface area contributed by atoms with Gasteiger partial charge in [-0.25, -0.2) is 19.0 Å². The number of aliphatic hydroxyl groups excluding tert-OH is 3. The molecule has 2 heterocycles. The maximum absolute atomic E-state index is 14.5. The number of nitrogens with zero attached hydrogens (tertiary/aromatic N) is 1. The van der Waals surface area contributed by atoms with E-state index in [0.29, 0.717) is 16.6 Å². The van der Waals surface area contributed by atoms with Crippen LogP contribution in [-0.4, -0.2) is 116 Å². The van der Waals surface area contributed by atoms with E-state index in [9.17, 15) is 39.3 Å². The quantitative estimate of drug-likeness (QED) is 0.139. The molecule has 1 saturated heterocycles. The molecule has 17 nitrogen and oxygen atoms in total. The number of ether oxygens (including phenoxy) is 4. The average Bonchev–Trinajstić information content (AvgIpc) is 3.48. The van der Waals surface area contributed by atoms with Crippen molar-refractivity contribution < 1.29 is 58.2 Å². The van der Waals surface area contributed by atoms with E-state index >= 15 is 0 Å². The third-order valence-electron chi connectivity index (χ3n) is 8.60. The second-order valence-corrected chi connectivity index (χ2v) is 17.1. The molecule has 1 aliphatic rings. The molecule has 2 aromatic carbocycles. The van der Waals surface area contributed by atoms with Crippen molar-refractivity contribution in [3.8, 4) is 0 Å². The summed E-state index contributed by atoms with van der Waals surface area (Å²) in [6.45, 7) is 14.5. The smallest absolute Gasteiger partial charge is 0.419 e. The Bertz CT molecular complexity index is 1910. The molecule has 7 atom stereocenters. The van der Waals surface area contributed by atoms with E-state index in [1.165, 1.54) is 4.57 Å². The Morgan fingerprint density at radius 3 is 1.91 bits per heavy atom. The van der Waals surface area contributed by atoms with Crippen LogP contribution in [-0.2, 0) is 41.5 Å². The number of aromatic nitrogens is 1. The predicted octanol–water partition coefficient (Wildman–Crippen LogP) is 3.04. The topological polar surface area (TPSA) is 236 Å². The standard InChI is InChI=1S/C41H57N5O12/c1-39(2,3)56-36(52)43-22-28-30(47)31(48)32(49)33(55-28)29(45-37(53)57-40(4,5)6)35(51)44-26(34(50)42-21-23-15-11-10-12-16-23)20-25-19-24-17-13-14-18-27(24)46(25)38(54)58-41(7,8)9/h10-19,26,28-33,47-49H,20-22H2,1-9H3,(H,42,50)(H,43,52)(H,44,51)(H,45,53)/t26-,28?,29+,30+,31-,32?,33-/m0/s1. The minimum Gasteiger partial charge on any atom is -0.444 e. The summed E-state index contributed by atoms with van der Waals surface area (Å²) in [4.78, 5) is 67.9. The molecule has 0 radical (unpaired) electrons. The fraction of sp³-hybridized carbons (Fsp3) is 0.537. The molecule has 318 valence electrons. The van der Waals surface area contributed by atoms with Gasteiger partial charge < -0.3 is 55.5 Å². The number of carbonyl (C=O) groups excluding carboxylic acids is 5. The normalized spacial score (nSPS) is 20.9. The number of fused-ring (bicyclic) bond motifs is 1. The van der Waals surface area contributed by atoms with Gasteiger partial charge in [0.05, 0.1) is 5.52 Å². The second kappa shape index (κ2) is 18.6. The fourth-order valence-corrected chi connectivity index (χ4v) is 6.13. The van der Waals surface area contributed by atoms with E-state index in [0.717, 1.165) is 5.56 Å². The predicted molar refractivity (Wildman–Crippen MR) is 212 cm³/mol. The first-order valence-electron chi connectivity index (χ1n) is 19.0. The zero-order valence-corrected chi connectivity index (χ0v) is 34.4. The summed E-state index contributed by atoms with van der Waals surface area (Å²) >= 11 is 0. The first kappa shape index (κ1) is 45.5. The number of amides is 4. The lowest BCUT2D eigenvalue weighted by Gasteiger charge is -2.43. The molecule has 0 saturated carbocycles. The van der Waals surface area contributed by atoms with Crippen LogP contribution in [0.15, 0.2) is 60.7 Å². The van der Waals surface area contributed by atoms with E-state index in [-0.39, 0.29) is 13.0 Å². The highest BCUT2D eigenvalue weighted by atomic mass is 16.6. The van der Waals surface area contributed by atoms with Crippen molar-refractivity contribution in [1.29, 1.82) is 0 Å². The summed E-state index contributed by atoms with van der Waals surface area (Å²) in [5.41, 5.74) is -1.23. The SMILES string of the molecule is CC(C)(C)OC(=O)NCC1O[C@@H]([C@@H](NC(=O)OC(C)(C)C)C(=O)N[C@@H](Cc2cc3ccccc3n2C(=O)OC(C)(C)C)C(=O)NCc2ccccc2)C(O)[C@@H](O)[C@@H]1O. The monoisotopic (exact) mass is 811 g/mol. The van der Waals surface area contributed by atoms with Crippen LogP contribution in [0.25, 0.3) is 10.9 Å². The second-order valence-electron chi connectivity index (χ2n) is 17.1. The Morgan fingerprint density at radius 2 is 1.29 bits per heavy atom. The molecule has 4 rings (SSSR count). The largest absolute Gasteiger partial charge is 0.444 e. The van der Waals surface area contributed by atoms with E-state index in [2.05, 4.69) is 21.3 Å². The number of hydrogen-bond donors (Lipinski definition) is 7. The molecule has 2 unspecified atom stereocenters. The Kier molecular flexibility index (Phi) is 14.6. The molecule has 7 N–H and O–H groups in total. The Labute approximate surface area is 337 Å². The number of alkyl carbamates (subject to hydrolysis) is 2. The van der Waals surface area contributed by atoms with Gasteiger partial charge >= 0.3 is 18.3 Å². The third kappa shape index (κ3) is 12.9. The molecular formula is C41H57N5O12. The zero-order valence-electron chi connectivity index (χ0n) is 34.4. The van der Waals surface area contributed by atoms with Crippen molar-refractivity contribution in [3.63, 3.8) is 0 Å². The van der Waals surface area contributed by atoms with Crippen LogP contribution in [0.4, 0.5) is 14.4 Å². The zero-order chi connectivity index (χ0) is 43.2. The van der Waals surface area contributed by atoms with Gasteiger partial charge in [-0.05, 0) is 80.0 Å². The molecule has 4 amide bonds. The van der Waals surface area contributed by atoms with E-state index < -0.39 is 96.0 Å². The van der Waals surface area contributed by atoms with Crippen molar-refractivity contribution in [2.45, 2.75) is 135 Å². The van der Waals surface area contributed by atoms with Crippen molar-refractivity contribution >= 4 is 41.0 Å². The number of carbonyl (C=O) groups is 5. The lowest BCUT2D eigenvalue weighted by Crippen LogP contribution is -2.68. The highest BCUT2D eigenvalue weighted by Crippen LogP contribution is 2.26. The van der Waals surface area contributed by atoms with Crippen LogP contribution in [0.3, 0.4) is 0 Å². The van der Waals surface area contributed by atoms with Crippen LogP contribution in [0.2, 0.25) is 0 Å². The number of rotatable bonds is 11. The van der Waals surface area contributed by atoms with Crippen molar-refractivity contribution in [1.82, 2.24) is 25.8 Å². The van der Waals surface area contributed by atoms with Crippen molar-refractivity contribution in [3.05, 3.63) is 71.9 Å². The molecule has 1 fully saturated rings. The number of benzene rings is 2. The molecule has 17 heteroatoms. The number of nitrogens with one attached hydrogen (secondary N) is 4. The molecule has 58 heavy (non-hydrogen) atoms. The van der Waals surface area contributed by atoms with Gasteiger partial charge in [0, 0.05) is 30.6 Å². The Hall–Kier alpha value is -5.23.